The number of morpholine rings is 1. The minimum Gasteiger partial charge on any atom is -0.379 e. The van der Waals surface area contributed by atoms with E-state index in [1.54, 1.807) is 0 Å². The molecule has 35 heavy (non-hydrogen) atoms. The van der Waals surface area contributed by atoms with Crippen molar-refractivity contribution in [1.82, 2.24) is 15.1 Å². The Morgan fingerprint density at radius 1 is 1.09 bits per heavy atom. The van der Waals surface area contributed by atoms with Gasteiger partial charge in [-0.1, -0.05) is 36.9 Å². The van der Waals surface area contributed by atoms with E-state index >= 15 is 0 Å². The summed E-state index contributed by atoms with van der Waals surface area (Å²) in [4.78, 5) is 5.00. The minimum atomic E-state index is 0.134. The van der Waals surface area contributed by atoms with Crippen LogP contribution in [0.4, 0.5) is 5.69 Å². The van der Waals surface area contributed by atoms with E-state index in [1.807, 2.05) is 12.3 Å². The van der Waals surface area contributed by atoms with Gasteiger partial charge < -0.3 is 15.4 Å². The molecule has 3 N–H and O–H groups in total. The van der Waals surface area contributed by atoms with Crippen LogP contribution in [0, 0.1) is 5.41 Å². The number of fused-ring (bicyclic) bond motifs is 1. The average Bonchev–Trinajstić information content (AvgIpc) is 3.53. The number of aromatic amines is 1. The molecule has 3 aromatic rings. The van der Waals surface area contributed by atoms with E-state index in [-0.39, 0.29) is 11.5 Å². The topological polar surface area (TPSA) is 70.4 Å². The second-order valence-electron chi connectivity index (χ2n) is 10.4. The first-order chi connectivity index (χ1) is 17.1. The van der Waals surface area contributed by atoms with Crippen LogP contribution in [0.5, 0.6) is 0 Å². The van der Waals surface area contributed by atoms with Gasteiger partial charge in [-0.2, -0.15) is 5.10 Å². The van der Waals surface area contributed by atoms with Gasteiger partial charge in [0.25, 0.3) is 0 Å². The van der Waals surface area contributed by atoms with E-state index in [1.165, 1.54) is 27.9 Å². The predicted molar refractivity (Wildman–Crippen MR) is 140 cm³/mol. The molecule has 1 spiro atoms. The highest BCUT2D eigenvalue weighted by Crippen LogP contribution is 2.51. The zero-order valence-electron chi connectivity index (χ0n) is 20.4. The lowest BCUT2D eigenvalue weighted by Crippen LogP contribution is -2.44. The van der Waals surface area contributed by atoms with E-state index < -0.39 is 0 Å². The number of hydrogen-bond donors (Lipinski definition) is 2. The summed E-state index contributed by atoms with van der Waals surface area (Å²) in [5.41, 5.74) is 15.4. The maximum atomic E-state index is 6.83. The number of aromatic nitrogens is 2. The Balaban J connectivity index is 1.25. The van der Waals surface area contributed by atoms with Crippen molar-refractivity contribution in [2.75, 3.05) is 44.3 Å². The van der Waals surface area contributed by atoms with Gasteiger partial charge >= 0.3 is 0 Å². The summed E-state index contributed by atoms with van der Waals surface area (Å²) < 4.78 is 5.53. The summed E-state index contributed by atoms with van der Waals surface area (Å²) in [6.07, 6.45) is 5.17. The van der Waals surface area contributed by atoms with E-state index in [2.05, 4.69) is 69.0 Å². The zero-order chi connectivity index (χ0) is 23.8. The first kappa shape index (κ1) is 22.5. The lowest BCUT2D eigenvalue weighted by Gasteiger charge is -2.43. The number of H-pyrrole nitrogens is 1. The fraction of sp³-hybridized carbons (Fsp3) is 0.414. The predicted octanol–water partition coefficient (Wildman–Crippen LogP) is 4.15. The van der Waals surface area contributed by atoms with Gasteiger partial charge in [-0.05, 0) is 59.6 Å². The molecule has 2 fully saturated rings. The largest absolute Gasteiger partial charge is 0.379 e. The van der Waals surface area contributed by atoms with Crippen LogP contribution in [0.25, 0.3) is 5.57 Å². The molecule has 0 radical (unpaired) electrons. The highest BCUT2D eigenvalue weighted by atomic mass is 16.5. The number of nitrogens with two attached hydrogens (primary N) is 1. The summed E-state index contributed by atoms with van der Waals surface area (Å²) in [6.45, 7) is 11.0. The number of ether oxygens (including phenoxy) is 1. The van der Waals surface area contributed by atoms with Crippen molar-refractivity contribution in [1.29, 1.82) is 0 Å². The SMILES string of the molecule is C=C(c1cc[nH]n1)c1cc(CN2CCOCC2)ccc1N1CCC2(CC1)Cc1ccccc1[C@H]2N. The molecule has 0 amide bonds. The number of rotatable bonds is 5. The molecule has 3 heterocycles. The highest BCUT2D eigenvalue weighted by Gasteiger charge is 2.45. The number of benzene rings is 2. The summed E-state index contributed by atoms with van der Waals surface area (Å²) in [5.74, 6) is 0. The van der Waals surface area contributed by atoms with Gasteiger partial charge in [-0.25, -0.2) is 0 Å². The van der Waals surface area contributed by atoms with Gasteiger partial charge in [0.2, 0.25) is 0 Å². The third kappa shape index (κ3) is 4.20. The average molecular weight is 470 g/mol. The van der Waals surface area contributed by atoms with Gasteiger partial charge in [-0.3, -0.25) is 10.00 Å². The second-order valence-corrected chi connectivity index (χ2v) is 10.4. The molecule has 0 saturated carbocycles. The van der Waals surface area contributed by atoms with Gasteiger partial charge in [0.1, 0.15) is 0 Å². The monoisotopic (exact) mass is 469 g/mol. The van der Waals surface area contributed by atoms with Crippen LogP contribution < -0.4 is 10.6 Å². The van der Waals surface area contributed by atoms with Gasteiger partial charge in [0.05, 0.1) is 18.9 Å². The fourth-order valence-corrected chi connectivity index (χ4v) is 6.28. The lowest BCUT2D eigenvalue weighted by molar-refractivity contribution is 0.0342. The number of nitrogens with one attached hydrogen (secondary N) is 1. The number of piperidine rings is 1. The van der Waals surface area contributed by atoms with Crippen LogP contribution in [0.1, 0.15) is 46.8 Å². The van der Waals surface area contributed by atoms with Crippen molar-refractivity contribution in [2.24, 2.45) is 11.1 Å². The molecule has 1 aliphatic carbocycles. The number of nitrogens with zero attached hydrogens (tertiary/aromatic N) is 3. The van der Waals surface area contributed by atoms with Crippen LogP contribution in [0.3, 0.4) is 0 Å². The molecule has 0 unspecified atom stereocenters. The van der Waals surface area contributed by atoms with Gasteiger partial charge in [-0.15, -0.1) is 0 Å². The smallest absolute Gasteiger partial charge is 0.0921 e. The molecule has 6 heteroatoms. The quantitative estimate of drug-likeness (QED) is 0.588. The Morgan fingerprint density at radius 3 is 2.63 bits per heavy atom. The number of anilines is 1. The maximum Gasteiger partial charge on any atom is 0.0921 e. The highest BCUT2D eigenvalue weighted by molar-refractivity contribution is 5.84. The molecule has 3 aliphatic rings. The fourth-order valence-electron chi connectivity index (χ4n) is 6.28. The second kappa shape index (κ2) is 9.26. The molecule has 1 atom stereocenters. The van der Waals surface area contributed by atoms with Gasteiger partial charge in [0, 0.05) is 61.8 Å². The van der Waals surface area contributed by atoms with E-state index in [0.717, 1.165) is 76.5 Å². The molecule has 0 bridgehead atoms. The third-order valence-corrected chi connectivity index (χ3v) is 8.40. The Bertz CT molecular complexity index is 1190. The van der Waals surface area contributed by atoms with Crippen LogP contribution in [-0.2, 0) is 17.7 Å². The molecule has 2 aliphatic heterocycles. The third-order valence-electron chi connectivity index (χ3n) is 8.40. The maximum absolute atomic E-state index is 6.83. The van der Waals surface area contributed by atoms with Crippen molar-refractivity contribution >= 4 is 11.3 Å². The van der Waals surface area contributed by atoms with Crippen LogP contribution >= 0.6 is 0 Å². The Morgan fingerprint density at radius 2 is 1.89 bits per heavy atom. The molecule has 1 aromatic heterocycles. The first-order valence-electron chi connectivity index (χ1n) is 12.8. The lowest BCUT2D eigenvalue weighted by atomic mass is 9.73. The first-order valence-corrected chi connectivity index (χ1v) is 12.8. The summed E-state index contributed by atoms with van der Waals surface area (Å²) in [7, 11) is 0. The molecular weight excluding hydrogens is 434 g/mol. The van der Waals surface area contributed by atoms with E-state index in [0.29, 0.717) is 0 Å². The molecule has 2 aromatic carbocycles. The summed E-state index contributed by atoms with van der Waals surface area (Å²) in [5, 5.41) is 7.37. The summed E-state index contributed by atoms with van der Waals surface area (Å²) in [6, 6.07) is 17.8. The van der Waals surface area contributed by atoms with Crippen molar-refractivity contribution in [2.45, 2.75) is 31.8 Å². The molecule has 6 nitrogen and oxygen atoms in total. The van der Waals surface area contributed by atoms with Crippen molar-refractivity contribution in [3.05, 3.63) is 89.3 Å². The normalized spacial score (nSPS) is 21.9. The van der Waals surface area contributed by atoms with Crippen LogP contribution in [0.2, 0.25) is 0 Å². The van der Waals surface area contributed by atoms with Gasteiger partial charge in [0.15, 0.2) is 0 Å². The number of hydrogen-bond acceptors (Lipinski definition) is 5. The van der Waals surface area contributed by atoms with Crippen LogP contribution in [0.15, 0.2) is 61.3 Å². The summed E-state index contributed by atoms with van der Waals surface area (Å²) >= 11 is 0. The van der Waals surface area contributed by atoms with Crippen molar-refractivity contribution in [3.8, 4) is 0 Å². The molecule has 182 valence electrons. The standard InChI is InChI=1S/C29H35N5O/c1-21(26-8-11-31-32-26)25-18-22(20-33-14-16-35-17-15-33)6-7-27(25)34-12-9-29(10-13-34)19-23-4-2-3-5-24(23)28(29)30/h2-8,11,18,28H,1,9-10,12-17,19-20,30H2,(H,31,32)/t28-/m1/s1. The Labute approximate surface area is 207 Å². The Hall–Kier alpha value is -2.93. The van der Waals surface area contributed by atoms with E-state index in [9.17, 15) is 0 Å². The Kier molecular flexibility index (Phi) is 5.96. The minimum absolute atomic E-state index is 0.134. The molecular formula is C29H35N5O. The van der Waals surface area contributed by atoms with Crippen molar-refractivity contribution in [3.63, 3.8) is 0 Å². The van der Waals surface area contributed by atoms with Crippen LogP contribution in [-0.4, -0.2) is 54.5 Å². The van der Waals surface area contributed by atoms with Crippen molar-refractivity contribution < 1.29 is 4.74 Å². The molecule has 2 saturated heterocycles. The zero-order valence-corrected chi connectivity index (χ0v) is 20.4. The van der Waals surface area contributed by atoms with E-state index in [4.69, 9.17) is 10.5 Å². The molecule has 6 rings (SSSR count).